The fraction of sp³-hybridized carbons (Fsp3) is 0.188. The second-order valence-corrected chi connectivity index (χ2v) is 5.96. The van der Waals surface area contributed by atoms with Crippen LogP contribution < -0.4 is 5.32 Å². The summed E-state index contributed by atoms with van der Waals surface area (Å²) in [5.41, 5.74) is 2.55. The Hall–Kier alpha value is -1.36. The van der Waals surface area contributed by atoms with Crippen molar-refractivity contribution in [1.29, 1.82) is 0 Å². The number of carbonyl (C=O) groups is 1. The van der Waals surface area contributed by atoms with Crippen molar-refractivity contribution in [3.63, 3.8) is 0 Å². The number of carboxylic acid groups (broad SMARTS) is 1. The van der Waals surface area contributed by atoms with Gasteiger partial charge in [0.15, 0.2) is 0 Å². The highest BCUT2D eigenvalue weighted by atomic mass is 79.9. The summed E-state index contributed by atoms with van der Waals surface area (Å²) in [5, 5.41) is 13.0. The molecule has 5 heteroatoms. The second kappa shape index (κ2) is 7.59. The molecule has 0 fully saturated rings. The maximum Gasteiger partial charge on any atom is 0.335 e. The molecule has 2 rings (SSSR count). The Balaban J connectivity index is 1.83. The number of benzene rings is 2. The van der Waals surface area contributed by atoms with Gasteiger partial charge in [-0.15, -0.1) is 0 Å². The maximum absolute atomic E-state index is 10.9. The Bertz CT molecular complexity index is 629. The first kappa shape index (κ1) is 16.0. The fourth-order valence-corrected chi connectivity index (χ4v) is 2.58. The van der Waals surface area contributed by atoms with Gasteiger partial charge in [-0.25, -0.2) is 4.79 Å². The Labute approximate surface area is 137 Å². The topological polar surface area (TPSA) is 49.3 Å². The predicted molar refractivity (Wildman–Crippen MR) is 88.0 cm³/mol. The standard InChI is InChI=1S/C16H15BrClNO2/c17-15-9-12(16(20)21)3-4-13(15)10-19-8-7-11-1-5-14(18)6-2-11/h1-6,9,19H,7-8,10H2,(H,20,21). The van der Waals surface area contributed by atoms with E-state index in [-0.39, 0.29) is 5.56 Å². The molecule has 3 nitrogen and oxygen atoms in total. The van der Waals surface area contributed by atoms with Gasteiger partial charge in [-0.3, -0.25) is 0 Å². The van der Waals surface area contributed by atoms with E-state index in [1.54, 1.807) is 12.1 Å². The van der Waals surface area contributed by atoms with Gasteiger partial charge in [0.1, 0.15) is 0 Å². The molecule has 0 bridgehead atoms. The minimum atomic E-state index is -0.919. The molecule has 2 aromatic rings. The average Bonchev–Trinajstić information content (AvgIpc) is 2.46. The van der Waals surface area contributed by atoms with Crippen LogP contribution in [0.2, 0.25) is 5.02 Å². The van der Waals surface area contributed by atoms with Crippen LogP contribution in [0.15, 0.2) is 46.9 Å². The summed E-state index contributed by atoms with van der Waals surface area (Å²) in [6.45, 7) is 1.53. The molecule has 0 aromatic heterocycles. The Morgan fingerprint density at radius 3 is 2.52 bits per heavy atom. The molecule has 0 aliphatic carbocycles. The smallest absolute Gasteiger partial charge is 0.335 e. The highest BCUT2D eigenvalue weighted by Crippen LogP contribution is 2.18. The summed E-state index contributed by atoms with van der Waals surface area (Å²) in [6, 6.07) is 12.9. The van der Waals surface area contributed by atoms with Gasteiger partial charge < -0.3 is 10.4 Å². The number of carboxylic acids is 1. The monoisotopic (exact) mass is 367 g/mol. The van der Waals surface area contributed by atoms with E-state index in [0.29, 0.717) is 6.54 Å². The number of aromatic carboxylic acids is 1. The van der Waals surface area contributed by atoms with Gasteiger partial charge >= 0.3 is 5.97 Å². The highest BCUT2D eigenvalue weighted by molar-refractivity contribution is 9.10. The van der Waals surface area contributed by atoms with E-state index in [1.165, 1.54) is 5.56 Å². The first-order valence-electron chi connectivity index (χ1n) is 6.53. The molecule has 0 atom stereocenters. The lowest BCUT2D eigenvalue weighted by Gasteiger charge is -2.08. The highest BCUT2D eigenvalue weighted by Gasteiger charge is 2.06. The lowest BCUT2D eigenvalue weighted by Crippen LogP contribution is -2.17. The van der Waals surface area contributed by atoms with Crippen LogP contribution >= 0.6 is 27.5 Å². The number of hydrogen-bond acceptors (Lipinski definition) is 2. The van der Waals surface area contributed by atoms with Gasteiger partial charge in [0.05, 0.1) is 5.56 Å². The molecule has 0 aliphatic heterocycles. The molecular weight excluding hydrogens is 354 g/mol. The average molecular weight is 369 g/mol. The van der Waals surface area contributed by atoms with E-state index in [2.05, 4.69) is 21.2 Å². The minimum Gasteiger partial charge on any atom is -0.478 e. The molecule has 0 heterocycles. The third kappa shape index (κ3) is 4.84. The lowest BCUT2D eigenvalue weighted by atomic mass is 10.1. The van der Waals surface area contributed by atoms with Crippen molar-refractivity contribution in [1.82, 2.24) is 5.32 Å². The van der Waals surface area contributed by atoms with Gasteiger partial charge in [-0.05, 0) is 48.4 Å². The van der Waals surface area contributed by atoms with E-state index < -0.39 is 5.97 Å². The largest absolute Gasteiger partial charge is 0.478 e. The first-order chi connectivity index (χ1) is 10.1. The van der Waals surface area contributed by atoms with Gasteiger partial charge in [0.25, 0.3) is 0 Å². The Kier molecular flexibility index (Phi) is 5.79. The zero-order valence-corrected chi connectivity index (χ0v) is 13.6. The van der Waals surface area contributed by atoms with Gasteiger partial charge in [-0.1, -0.05) is 45.7 Å². The molecule has 21 heavy (non-hydrogen) atoms. The van der Waals surface area contributed by atoms with E-state index in [1.807, 2.05) is 30.3 Å². The summed E-state index contributed by atoms with van der Waals surface area (Å²) >= 11 is 9.25. The summed E-state index contributed by atoms with van der Waals surface area (Å²) in [4.78, 5) is 10.9. The molecule has 2 N–H and O–H groups in total. The maximum atomic E-state index is 10.9. The van der Waals surface area contributed by atoms with Crippen molar-refractivity contribution in [2.24, 2.45) is 0 Å². The molecule has 2 aromatic carbocycles. The van der Waals surface area contributed by atoms with Gasteiger partial charge in [0, 0.05) is 16.0 Å². The summed E-state index contributed by atoms with van der Waals surface area (Å²) in [5.74, 6) is -0.919. The van der Waals surface area contributed by atoms with Crippen LogP contribution in [0.5, 0.6) is 0 Å². The predicted octanol–water partition coefficient (Wildman–Crippen LogP) is 4.13. The zero-order valence-electron chi connectivity index (χ0n) is 11.3. The van der Waals surface area contributed by atoms with Crippen molar-refractivity contribution in [3.05, 3.63) is 68.7 Å². The number of halogens is 2. The summed E-state index contributed by atoms with van der Waals surface area (Å²) in [7, 11) is 0. The van der Waals surface area contributed by atoms with Crippen LogP contribution in [0.4, 0.5) is 0 Å². The number of hydrogen-bond donors (Lipinski definition) is 2. The summed E-state index contributed by atoms with van der Waals surface area (Å²) < 4.78 is 0.807. The first-order valence-corrected chi connectivity index (χ1v) is 7.70. The number of rotatable bonds is 6. The molecule has 110 valence electrons. The molecule has 0 radical (unpaired) electrons. The zero-order chi connectivity index (χ0) is 15.2. The number of nitrogens with one attached hydrogen (secondary N) is 1. The van der Waals surface area contributed by atoms with Crippen LogP contribution in [0.25, 0.3) is 0 Å². The molecule has 0 spiro atoms. The van der Waals surface area contributed by atoms with E-state index in [0.717, 1.165) is 28.0 Å². The quantitative estimate of drug-likeness (QED) is 0.754. The summed E-state index contributed by atoms with van der Waals surface area (Å²) in [6.07, 6.45) is 0.919. The van der Waals surface area contributed by atoms with Crippen LogP contribution in [-0.2, 0) is 13.0 Å². The molecule has 0 aliphatic rings. The molecule has 0 saturated heterocycles. The van der Waals surface area contributed by atoms with Crippen LogP contribution in [-0.4, -0.2) is 17.6 Å². The third-order valence-corrected chi connectivity index (χ3v) is 4.11. The fourth-order valence-electron chi connectivity index (χ4n) is 1.93. The van der Waals surface area contributed by atoms with Crippen molar-refractivity contribution in [2.45, 2.75) is 13.0 Å². The molecule has 0 saturated carbocycles. The van der Waals surface area contributed by atoms with Crippen molar-refractivity contribution in [3.8, 4) is 0 Å². The van der Waals surface area contributed by atoms with E-state index in [9.17, 15) is 4.79 Å². The third-order valence-electron chi connectivity index (χ3n) is 3.12. The van der Waals surface area contributed by atoms with Crippen LogP contribution in [0.3, 0.4) is 0 Å². The van der Waals surface area contributed by atoms with Gasteiger partial charge in [-0.2, -0.15) is 0 Å². The van der Waals surface area contributed by atoms with Gasteiger partial charge in [0.2, 0.25) is 0 Å². The molecule has 0 amide bonds. The second-order valence-electron chi connectivity index (χ2n) is 4.66. The Morgan fingerprint density at radius 2 is 1.90 bits per heavy atom. The van der Waals surface area contributed by atoms with Crippen LogP contribution in [0, 0.1) is 0 Å². The van der Waals surface area contributed by atoms with Crippen molar-refractivity contribution >= 4 is 33.5 Å². The normalized spacial score (nSPS) is 10.6. The van der Waals surface area contributed by atoms with Crippen molar-refractivity contribution < 1.29 is 9.90 Å². The van der Waals surface area contributed by atoms with Crippen molar-refractivity contribution in [2.75, 3.05) is 6.54 Å². The minimum absolute atomic E-state index is 0.284. The Morgan fingerprint density at radius 1 is 1.19 bits per heavy atom. The SMILES string of the molecule is O=C(O)c1ccc(CNCCc2ccc(Cl)cc2)c(Br)c1. The lowest BCUT2D eigenvalue weighted by molar-refractivity contribution is 0.0697. The molecular formula is C16H15BrClNO2. The van der Waals surface area contributed by atoms with Crippen LogP contribution in [0.1, 0.15) is 21.5 Å². The van der Waals surface area contributed by atoms with E-state index >= 15 is 0 Å². The van der Waals surface area contributed by atoms with E-state index in [4.69, 9.17) is 16.7 Å². The molecule has 0 unspecified atom stereocenters.